The fourth-order valence-electron chi connectivity index (χ4n) is 0.477. The van der Waals surface area contributed by atoms with Gasteiger partial charge in [0.1, 0.15) is 6.42 Å². The summed E-state index contributed by atoms with van der Waals surface area (Å²) in [6.07, 6.45) is -0.574. The molecule has 0 saturated heterocycles. The van der Waals surface area contributed by atoms with Crippen molar-refractivity contribution in [3.05, 3.63) is 6.92 Å². The number of nitriles is 1. The molecule has 59 valence electrons. The van der Waals surface area contributed by atoms with Crippen LogP contribution in [0, 0.1) is 18.3 Å². The molecular formula is C7H8NO3. The number of ether oxygens (including phenoxy) is 1. The monoisotopic (exact) mass is 154 g/mol. The smallest absolute Gasteiger partial charge is 0.313 e. The van der Waals surface area contributed by atoms with Gasteiger partial charge in [-0.05, 0) is 6.92 Å². The molecule has 0 aliphatic carbocycles. The average Bonchev–Trinajstić information content (AvgIpc) is 1.87. The lowest BCUT2D eigenvalue weighted by molar-refractivity contribution is -0.144. The van der Waals surface area contributed by atoms with Gasteiger partial charge in [-0.25, -0.2) is 0 Å². The Balaban J connectivity index is 3.60. The summed E-state index contributed by atoms with van der Waals surface area (Å²) in [5.41, 5.74) is 0. The Morgan fingerprint density at radius 1 is 1.55 bits per heavy atom. The number of hydrogen-bond acceptors (Lipinski definition) is 4. The van der Waals surface area contributed by atoms with E-state index in [-0.39, 0.29) is 19.4 Å². The molecule has 0 aromatic carbocycles. The highest BCUT2D eigenvalue weighted by Crippen LogP contribution is 1.91. The van der Waals surface area contributed by atoms with Crippen molar-refractivity contribution in [2.24, 2.45) is 0 Å². The van der Waals surface area contributed by atoms with E-state index in [4.69, 9.17) is 5.26 Å². The Kier molecular flexibility index (Phi) is 4.74. The van der Waals surface area contributed by atoms with Crippen LogP contribution < -0.4 is 0 Å². The minimum Gasteiger partial charge on any atom is -0.465 e. The lowest BCUT2D eigenvalue weighted by Crippen LogP contribution is -2.10. The molecule has 0 aliphatic heterocycles. The quantitative estimate of drug-likeness (QED) is 0.429. The van der Waals surface area contributed by atoms with Crippen LogP contribution in [-0.2, 0) is 14.3 Å². The third-order valence-electron chi connectivity index (χ3n) is 0.881. The summed E-state index contributed by atoms with van der Waals surface area (Å²) in [4.78, 5) is 21.1. The fraction of sp³-hybridized carbons (Fsp3) is 0.429. The number of hydrogen-bond donors (Lipinski definition) is 0. The minimum atomic E-state index is -0.625. The number of ketones is 1. The molecule has 0 aromatic heterocycles. The molecule has 0 amide bonds. The molecule has 0 bridgehead atoms. The first kappa shape index (κ1) is 9.63. The molecule has 0 spiro atoms. The molecule has 0 aromatic rings. The maximum Gasteiger partial charge on any atom is 0.313 e. The van der Waals surface area contributed by atoms with Gasteiger partial charge in [0.2, 0.25) is 0 Å². The summed E-state index contributed by atoms with van der Waals surface area (Å²) in [6.45, 7) is 3.27. The Morgan fingerprint density at radius 2 is 2.18 bits per heavy atom. The zero-order valence-corrected chi connectivity index (χ0v) is 6.00. The molecular weight excluding hydrogens is 146 g/mol. The second-order valence-electron chi connectivity index (χ2n) is 1.77. The van der Waals surface area contributed by atoms with Crippen LogP contribution in [0.3, 0.4) is 0 Å². The normalized spacial score (nSPS) is 8.36. The van der Waals surface area contributed by atoms with Gasteiger partial charge in [0.25, 0.3) is 0 Å². The second kappa shape index (κ2) is 5.42. The molecule has 0 saturated carbocycles. The highest BCUT2D eigenvalue weighted by molar-refractivity contribution is 5.96. The Bertz CT molecular complexity index is 192. The molecule has 0 atom stereocenters. The fourth-order valence-corrected chi connectivity index (χ4v) is 0.477. The van der Waals surface area contributed by atoms with E-state index in [0.717, 1.165) is 0 Å². The second-order valence-corrected chi connectivity index (χ2v) is 1.77. The van der Waals surface area contributed by atoms with Crippen LogP contribution >= 0.6 is 0 Å². The zero-order chi connectivity index (χ0) is 8.69. The molecule has 0 aliphatic rings. The van der Waals surface area contributed by atoms with Crippen LogP contribution in [0.25, 0.3) is 0 Å². The molecule has 4 nitrogen and oxygen atoms in total. The molecule has 0 N–H and O–H groups in total. The third kappa shape index (κ3) is 5.09. The van der Waals surface area contributed by atoms with Crippen molar-refractivity contribution in [3.63, 3.8) is 0 Å². The summed E-state index contributed by atoms with van der Waals surface area (Å²) in [5, 5.41) is 8.04. The van der Waals surface area contributed by atoms with E-state index in [9.17, 15) is 9.59 Å². The van der Waals surface area contributed by atoms with Crippen LogP contribution in [0.1, 0.15) is 12.8 Å². The van der Waals surface area contributed by atoms with Crippen molar-refractivity contribution in [2.75, 3.05) is 6.61 Å². The van der Waals surface area contributed by atoms with Crippen molar-refractivity contribution in [3.8, 4) is 6.07 Å². The number of esters is 1. The summed E-state index contributed by atoms with van der Waals surface area (Å²) < 4.78 is 4.38. The van der Waals surface area contributed by atoms with Gasteiger partial charge in [0.05, 0.1) is 19.1 Å². The van der Waals surface area contributed by atoms with Crippen LogP contribution in [-0.4, -0.2) is 18.4 Å². The molecule has 0 unspecified atom stereocenters. The number of Topliss-reactive ketones (excluding diaryl/α,β-unsaturated/α-hetero) is 1. The molecule has 1 radical (unpaired) electrons. The predicted molar refractivity (Wildman–Crippen MR) is 36.2 cm³/mol. The first-order valence-electron chi connectivity index (χ1n) is 3.04. The van der Waals surface area contributed by atoms with Crippen LogP contribution in [0.2, 0.25) is 0 Å². The standard InChI is InChI=1S/C7H8NO3/c1-2-11-7(10)5-6(9)3-4-8/h1-3,5H2. The molecule has 0 heterocycles. The van der Waals surface area contributed by atoms with Gasteiger partial charge in [-0.3, -0.25) is 9.59 Å². The maximum absolute atomic E-state index is 10.6. The number of carbonyl (C=O) groups excluding carboxylic acids is 2. The van der Waals surface area contributed by atoms with E-state index in [2.05, 4.69) is 11.7 Å². The summed E-state index contributed by atoms with van der Waals surface area (Å²) in [7, 11) is 0. The number of nitrogens with zero attached hydrogens (tertiary/aromatic N) is 1. The summed E-state index contributed by atoms with van der Waals surface area (Å²) in [6, 6.07) is 1.64. The topological polar surface area (TPSA) is 67.2 Å². The summed E-state index contributed by atoms with van der Waals surface area (Å²) in [5.74, 6) is -1.05. The van der Waals surface area contributed by atoms with Crippen molar-refractivity contribution >= 4 is 11.8 Å². The Labute approximate surface area is 64.8 Å². The van der Waals surface area contributed by atoms with Gasteiger partial charge in [0.15, 0.2) is 5.78 Å². The van der Waals surface area contributed by atoms with Crippen LogP contribution in [0.5, 0.6) is 0 Å². The van der Waals surface area contributed by atoms with Crippen molar-refractivity contribution < 1.29 is 14.3 Å². The number of rotatable bonds is 4. The van der Waals surface area contributed by atoms with Gasteiger partial charge < -0.3 is 4.74 Å². The molecule has 0 rings (SSSR count). The van der Waals surface area contributed by atoms with Crippen molar-refractivity contribution in [2.45, 2.75) is 12.8 Å². The minimum absolute atomic E-state index is 0.0126. The Morgan fingerprint density at radius 3 is 2.64 bits per heavy atom. The average molecular weight is 154 g/mol. The first-order chi connectivity index (χ1) is 5.20. The maximum atomic E-state index is 10.6. The van der Waals surface area contributed by atoms with Crippen molar-refractivity contribution in [1.29, 1.82) is 5.26 Å². The third-order valence-corrected chi connectivity index (χ3v) is 0.881. The predicted octanol–water partition coefficient (Wildman–Crippen LogP) is 0.237. The van der Waals surface area contributed by atoms with Gasteiger partial charge in [-0.1, -0.05) is 0 Å². The van der Waals surface area contributed by atoms with Crippen LogP contribution in [0.15, 0.2) is 0 Å². The van der Waals surface area contributed by atoms with Gasteiger partial charge in [0, 0.05) is 0 Å². The van der Waals surface area contributed by atoms with Crippen molar-refractivity contribution in [1.82, 2.24) is 0 Å². The van der Waals surface area contributed by atoms with Crippen LogP contribution in [0.4, 0.5) is 0 Å². The van der Waals surface area contributed by atoms with E-state index in [1.807, 2.05) is 0 Å². The number of carbonyl (C=O) groups is 2. The molecule has 4 heteroatoms. The van der Waals surface area contributed by atoms with E-state index in [1.165, 1.54) is 0 Å². The lowest BCUT2D eigenvalue weighted by atomic mass is 10.2. The largest absolute Gasteiger partial charge is 0.465 e. The summed E-state index contributed by atoms with van der Waals surface area (Å²) >= 11 is 0. The van der Waals surface area contributed by atoms with E-state index >= 15 is 0 Å². The van der Waals surface area contributed by atoms with E-state index in [1.54, 1.807) is 6.07 Å². The van der Waals surface area contributed by atoms with E-state index in [0.29, 0.717) is 0 Å². The van der Waals surface area contributed by atoms with E-state index < -0.39 is 11.8 Å². The highest BCUT2D eigenvalue weighted by Gasteiger charge is 2.08. The Hall–Kier alpha value is -1.37. The first-order valence-corrected chi connectivity index (χ1v) is 3.04. The molecule has 0 fully saturated rings. The SMILES string of the molecule is [CH2]COC(=O)CC(=O)CC#N. The van der Waals surface area contributed by atoms with Gasteiger partial charge >= 0.3 is 5.97 Å². The zero-order valence-electron chi connectivity index (χ0n) is 6.00. The highest BCUT2D eigenvalue weighted by atomic mass is 16.5. The lowest BCUT2D eigenvalue weighted by Gasteiger charge is -1.97. The van der Waals surface area contributed by atoms with Gasteiger partial charge in [-0.15, -0.1) is 0 Å². The van der Waals surface area contributed by atoms with Gasteiger partial charge in [-0.2, -0.15) is 5.26 Å². The molecule has 11 heavy (non-hydrogen) atoms.